The van der Waals surface area contributed by atoms with Crippen LogP contribution >= 0.6 is 23.1 Å². The van der Waals surface area contributed by atoms with Crippen molar-refractivity contribution in [3.8, 4) is 16.9 Å². The van der Waals surface area contributed by atoms with Gasteiger partial charge in [0.2, 0.25) is 5.91 Å². The Morgan fingerprint density at radius 3 is 2.68 bits per heavy atom. The number of carbonyl (C=O) groups excluding carboxylic acids is 1. The summed E-state index contributed by atoms with van der Waals surface area (Å²) in [6.45, 7) is 2.07. The molecule has 2 heterocycles. The van der Waals surface area contributed by atoms with Gasteiger partial charge in [0.05, 0.1) is 17.1 Å². The Kier molecular flexibility index (Phi) is 5.55. The Balaban J connectivity index is 1.62. The van der Waals surface area contributed by atoms with Crippen LogP contribution in [0.3, 0.4) is 0 Å². The molecule has 0 spiro atoms. The highest BCUT2D eigenvalue weighted by Gasteiger charge is 2.15. The lowest BCUT2D eigenvalue weighted by Crippen LogP contribution is -2.14. The van der Waals surface area contributed by atoms with Gasteiger partial charge in [-0.3, -0.25) is 9.36 Å². The molecule has 4 aromatic rings. The van der Waals surface area contributed by atoms with Crippen LogP contribution in [0, 0.1) is 6.92 Å². The molecule has 0 saturated heterocycles. The second-order valence-corrected chi connectivity index (χ2v) is 7.94. The molecule has 140 valence electrons. The number of amides is 1. The maximum absolute atomic E-state index is 12.3. The molecule has 0 aliphatic rings. The summed E-state index contributed by atoms with van der Waals surface area (Å²) in [5.41, 5.74) is 4.13. The van der Waals surface area contributed by atoms with E-state index < -0.39 is 0 Å². The van der Waals surface area contributed by atoms with Crippen molar-refractivity contribution in [2.75, 3.05) is 11.1 Å². The first-order chi connectivity index (χ1) is 13.7. The molecular weight excluding hydrogens is 388 g/mol. The summed E-state index contributed by atoms with van der Waals surface area (Å²) in [5, 5.41) is 6.03. The fraction of sp³-hybridized carbons (Fsp3) is 0.0952. The van der Waals surface area contributed by atoms with Gasteiger partial charge in [0, 0.05) is 23.3 Å². The lowest BCUT2D eigenvalue weighted by molar-refractivity contribution is -0.113. The zero-order valence-corrected chi connectivity index (χ0v) is 16.8. The average molecular weight is 407 g/mol. The number of nitrogens with zero attached hydrogens (tertiary/aromatic N) is 3. The van der Waals surface area contributed by atoms with Gasteiger partial charge in [0.1, 0.15) is 0 Å². The first-order valence-electron chi connectivity index (χ1n) is 8.73. The Morgan fingerprint density at radius 1 is 1.14 bits per heavy atom. The summed E-state index contributed by atoms with van der Waals surface area (Å²) in [4.78, 5) is 21.2. The highest BCUT2D eigenvalue weighted by Crippen LogP contribution is 2.28. The quantitative estimate of drug-likeness (QED) is 0.456. The van der Waals surface area contributed by atoms with Crippen LogP contribution in [0.5, 0.6) is 0 Å². The first-order valence-corrected chi connectivity index (χ1v) is 10.6. The van der Waals surface area contributed by atoms with E-state index in [-0.39, 0.29) is 11.7 Å². The predicted molar refractivity (Wildman–Crippen MR) is 115 cm³/mol. The van der Waals surface area contributed by atoms with Crippen LogP contribution in [0.2, 0.25) is 0 Å². The maximum Gasteiger partial charge on any atom is 0.236 e. The van der Waals surface area contributed by atoms with Gasteiger partial charge in [0.15, 0.2) is 10.3 Å². The average Bonchev–Trinajstić information content (AvgIpc) is 3.37. The number of imidazole rings is 1. The fourth-order valence-electron chi connectivity index (χ4n) is 2.79. The molecule has 0 aliphatic carbocycles. The number of hydrogen-bond donors (Lipinski definition) is 1. The molecular formula is C21H18N4OS2. The standard InChI is InChI=1S/C21H18N4OS2/c1-15-7-5-6-10-18(15)25-13-17(16-8-3-2-4-9-16)23-21(25)28-14-19(26)24-20-22-11-12-27-20/h2-13H,14H2,1H3,(H,22,24,26). The van der Waals surface area contributed by atoms with Gasteiger partial charge in [0.25, 0.3) is 0 Å². The van der Waals surface area contributed by atoms with Crippen molar-refractivity contribution in [1.29, 1.82) is 0 Å². The van der Waals surface area contributed by atoms with Crippen molar-refractivity contribution in [1.82, 2.24) is 14.5 Å². The van der Waals surface area contributed by atoms with Crippen LogP contribution in [0.4, 0.5) is 5.13 Å². The van der Waals surface area contributed by atoms with E-state index in [0.717, 1.165) is 27.7 Å². The molecule has 0 radical (unpaired) electrons. The van der Waals surface area contributed by atoms with Gasteiger partial charge in [-0.2, -0.15) is 0 Å². The molecule has 7 heteroatoms. The largest absolute Gasteiger partial charge is 0.301 e. The summed E-state index contributed by atoms with van der Waals surface area (Å²) in [5.74, 6) is 0.164. The Hall–Kier alpha value is -2.90. The van der Waals surface area contributed by atoms with Crippen LogP contribution < -0.4 is 5.32 Å². The molecule has 0 saturated carbocycles. The molecule has 0 bridgehead atoms. The number of aryl methyl sites for hydroxylation is 1. The van der Waals surface area contributed by atoms with Crippen LogP contribution in [0.25, 0.3) is 16.9 Å². The number of aromatic nitrogens is 3. The third-order valence-corrected chi connectivity index (χ3v) is 5.77. The highest BCUT2D eigenvalue weighted by atomic mass is 32.2. The summed E-state index contributed by atoms with van der Waals surface area (Å²) >= 11 is 2.82. The first kappa shape index (κ1) is 18.5. The number of anilines is 1. The number of para-hydroxylation sites is 1. The number of nitrogens with one attached hydrogen (secondary N) is 1. The molecule has 2 aromatic heterocycles. The Morgan fingerprint density at radius 2 is 1.93 bits per heavy atom. The molecule has 5 nitrogen and oxygen atoms in total. The Bertz CT molecular complexity index is 1080. The SMILES string of the molecule is Cc1ccccc1-n1cc(-c2ccccc2)nc1SCC(=O)Nc1nccs1. The fourth-order valence-corrected chi connectivity index (χ4v) is 4.12. The van der Waals surface area contributed by atoms with E-state index in [1.54, 1.807) is 6.20 Å². The van der Waals surface area contributed by atoms with E-state index in [1.807, 2.05) is 54.0 Å². The zero-order valence-electron chi connectivity index (χ0n) is 15.2. The summed E-state index contributed by atoms with van der Waals surface area (Å²) in [6, 6.07) is 18.2. The summed E-state index contributed by atoms with van der Waals surface area (Å²) < 4.78 is 2.05. The normalized spacial score (nSPS) is 10.8. The number of benzene rings is 2. The van der Waals surface area contributed by atoms with Crippen LogP contribution in [0.15, 0.2) is 77.5 Å². The van der Waals surface area contributed by atoms with Crippen molar-refractivity contribution in [3.05, 3.63) is 77.9 Å². The molecule has 0 aliphatic heterocycles. The smallest absolute Gasteiger partial charge is 0.236 e. The Labute approximate surface area is 171 Å². The van der Waals surface area contributed by atoms with E-state index in [9.17, 15) is 4.79 Å². The van der Waals surface area contributed by atoms with Gasteiger partial charge < -0.3 is 5.32 Å². The third kappa shape index (κ3) is 4.16. The molecule has 0 unspecified atom stereocenters. The van der Waals surface area contributed by atoms with E-state index in [2.05, 4.69) is 33.9 Å². The van der Waals surface area contributed by atoms with Crippen molar-refractivity contribution in [2.45, 2.75) is 12.1 Å². The molecule has 0 fully saturated rings. The minimum atomic E-state index is -0.0967. The molecule has 0 atom stereocenters. The van der Waals surface area contributed by atoms with Gasteiger partial charge >= 0.3 is 0 Å². The molecule has 28 heavy (non-hydrogen) atoms. The number of thiazole rings is 1. The summed E-state index contributed by atoms with van der Waals surface area (Å²) in [6.07, 6.45) is 3.70. The highest BCUT2D eigenvalue weighted by molar-refractivity contribution is 7.99. The lowest BCUT2D eigenvalue weighted by atomic mass is 10.2. The number of hydrogen-bond acceptors (Lipinski definition) is 5. The second kappa shape index (κ2) is 8.41. The van der Waals surface area contributed by atoms with E-state index in [0.29, 0.717) is 5.13 Å². The van der Waals surface area contributed by atoms with Gasteiger partial charge in [-0.25, -0.2) is 9.97 Å². The van der Waals surface area contributed by atoms with Crippen LogP contribution in [-0.2, 0) is 4.79 Å². The van der Waals surface area contributed by atoms with E-state index >= 15 is 0 Å². The van der Waals surface area contributed by atoms with E-state index in [1.165, 1.54) is 23.1 Å². The van der Waals surface area contributed by atoms with Crippen molar-refractivity contribution >= 4 is 34.1 Å². The van der Waals surface area contributed by atoms with Crippen molar-refractivity contribution in [3.63, 3.8) is 0 Å². The minimum Gasteiger partial charge on any atom is -0.301 e. The second-order valence-electron chi connectivity index (χ2n) is 6.11. The number of rotatable bonds is 6. The van der Waals surface area contributed by atoms with Crippen LogP contribution in [-0.4, -0.2) is 26.2 Å². The van der Waals surface area contributed by atoms with Gasteiger partial charge in [-0.15, -0.1) is 11.3 Å². The molecule has 2 aromatic carbocycles. The molecule has 1 amide bonds. The summed E-state index contributed by atoms with van der Waals surface area (Å²) in [7, 11) is 0. The van der Waals surface area contributed by atoms with Crippen molar-refractivity contribution < 1.29 is 4.79 Å². The van der Waals surface area contributed by atoms with E-state index in [4.69, 9.17) is 4.98 Å². The minimum absolute atomic E-state index is 0.0967. The van der Waals surface area contributed by atoms with Gasteiger partial charge in [-0.05, 0) is 18.6 Å². The maximum atomic E-state index is 12.3. The van der Waals surface area contributed by atoms with Crippen molar-refractivity contribution in [2.24, 2.45) is 0 Å². The third-order valence-electron chi connectivity index (χ3n) is 4.13. The number of carbonyl (C=O) groups is 1. The topological polar surface area (TPSA) is 59.8 Å². The number of thioether (sulfide) groups is 1. The zero-order chi connectivity index (χ0) is 19.3. The monoisotopic (exact) mass is 406 g/mol. The molecule has 4 rings (SSSR count). The van der Waals surface area contributed by atoms with Gasteiger partial charge in [-0.1, -0.05) is 60.3 Å². The predicted octanol–water partition coefficient (Wildman–Crippen LogP) is 5.04. The molecule has 1 N–H and O–H groups in total. The van der Waals surface area contributed by atoms with Crippen LogP contribution in [0.1, 0.15) is 5.56 Å². The lowest BCUT2D eigenvalue weighted by Gasteiger charge is -2.10.